The van der Waals surface area contributed by atoms with Crippen molar-refractivity contribution in [2.45, 2.75) is 0 Å². The van der Waals surface area contributed by atoms with Crippen molar-refractivity contribution >= 4 is 53.2 Å². The molecule has 0 aliphatic rings. The summed E-state index contributed by atoms with van der Waals surface area (Å²) < 4.78 is 52.8. The first-order valence-corrected chi connectivity index (χ1v) is 11.2. The van der Waals surface area contributed by atoms with Gasteiger partial charge in [0.05, 0.1) is 0 Å². The third kappa shape index (κ3) is 6.31. The zero-order chi connectivity index (χ0) is 12.8. The Kier molecular flexibility index (Phi) is 6.48. The zero-order valence-corrected chi connectivity index (χ0v) is 12.7. The Bertz CT molecular complexity index is 202. The molecule has 0 aromatic rings. The van der Waals surface area contributed by atoms with Crippen LogP contribution in [0.4, 0.5) is 8.68 Å². The molecule has 0 saturated carbocycles. The molecule has 0 rings (SSSR count). The quantitative estimate of drug-likeness (QED) is 0.422. The van der Waals surface area contributed by atoms with Crippen molar-refractivity contribution in [1.82, 2.24) is 0 Å². The summed E-state index contributed by atoms with van der Waals surface area (Å²) in [5.41, 5.74) is 0. The van der Waals surface area contributed by atoms with E-state index in [1.165, 1.54) is 0 Å². The van der Waals surface area contributed by atoms with Crippen LogP contribution in [0.2, 0.25) is 0 Å². The molecule has 0 N–H and O–H groups in total. The van der Waals surface area contributed by atoms with Crippen LogP contribution in [0.15, 0.2) is 0 Å². The van der Waals surface area contributed by atoms with Crippen LogP contribution in [0.3, 0.4) is 0 Å². The van der Waals surface area contributed by atoms with E-state index in [1.807, 2.05) is 0 Å². The summed E-state index contributed by atoms with van der Waals surface area (Å²) in [6.07, 6.45) is 0. The Morgan fingerprint density at radius 3 is 1.12 bits per heavy atom. The van der Waals surface area contributed by atoms with Gasteiger partial charge in [0.1, 0.15) is 0 Å². The van der Waals surface area contributed by atoms with Crippen LogP contribution < -0.4 is 0 Å². The van der Waals surface area contributed by atoms with Crippen LogP contribution in [0.25, 0.3) is 0 Å². The fourth-order valence-corrected chi connectivity index (χ4v) is 5.86. The van der Waals surface area contributed by atoms with Gasteiger partial charge in [-0.15, -0.1) is 0 Å². The second-order valence-electron chi connectivity index (χ2n) is 2.48. The summed E-state index contributed by atoms with van der Waals surface area (Å²) in [6, 6.07) is 0. The first-order valence-electron chi connectivity index (χ1n) is 4.13. The first-order chi connectivity index (χ1) is 7.21. The molecule has 102 valence electrons. The molecule has 0 spiro atoms. The summed E-state index contributed by atoms with van der Waals surface area (Å²) in [5.74, 6) is -0.970. The molecule has 0 radical (unpaired) electrons. The standard InChI is InChI=1S/C6H12Cl3F3O3Te/c7-1-4-13-16(10,11,12,14-5-2-8)15-6-3-9/h1-6H2. The van der Waals surface area contributed by atoms with Crippen LogP contribution in [0.1, 0.15) is 0 Å². The molecule has 0 unspecified atom stereocenters. The minimum atomic E-state index is -8.87. The van der Waals surface area contributed by atoms with Gasteiger partial charge < -0.3 is 0 Å². The van der Waals surface area contributed by atoms with Gasteiger partial charge in [0.15, 0.2) is 0 Å². The Morgan fingerprint density at radius 2 is 0.938 bits per heavy atom. The topological polar surface area (TPSA) is 27.7 Å². The molecular formula is C6H12Cl3F3O3Te. The van der Waals surface area contributed by atoms with Gasteiger partial charge in [-0.05, 0) is 0 Å². The van der Waals surface area contributed by atoms with Crippen molar-refractivity contribution in [3.63, 3.8) is 0 Å². The third-order valence-electron chi connectivity index (χ3n) is 1.17. The van der Waals surface area contributed by atoms with Crippen LogP contribution in [-0.4, -0.2) is 55.8 Å². The van der Waals surface area contributed by atoms with E-state index in [-0.39, 0.29) is 17.6 Å². The molecule has 0 amide bonds. The molecule has 3 nitrogen and oxygen atoms in total. The van der Waals surface area contributed by atoms with E-state index in [2.05, 4.69) is 9.30 Å². The summed E-state index contributed by atoms with van der Waals surface area (Å²) in [7, 11) is 0. The normalized spacial score (nSPS) is 16.9. The summed E-state index contributed by atoms with van der Waals surface area (Å²) in [4.78, 5) is 0. The van der Waals surface area contributed by atoms with Crippen molar-refractivity contribution in [2.75, 3.05) is 37.5 Å². The van der Waals surface area contributed by atoms with Gasteiger partial charge in [-0.2, -0.15) is 0 Å². The van der Waals surface area contributed by atoms with E-state index < -0.39 is 38.2 Å². The number of hydrogen-bond acceptors (Lipinski definition) is 3. The molecule has 0 aliphatic carbocycles. The zero-order valence-electron chi connectivity index (χ0n) is 8.14. The molecule has 0 saturated heterocycles. The van der Waals surface area contributed by atoms with E-state index >= 15 is 0 Å². The fraction of sp³-hybridized carbons (Fsp3) is 1.00. The van der Waals surface area contributed by atoms with Gasteiger partial charge >= 0.3 is 109 Å². The number of hydrogen-bond donors (Lipinski definition) is 0. The molecule has 0 heterocycles. The van der Waals surface area contributed by atoms with Gasteiger partial charge in [0, 0.05) is 0 Å². The van der Waals surface area contributed by atoms with Crippen molar-refractivity contribution in [2.24, 2.45) is 0 Å². The molecule has 0 aliphatic heterocycles. The number of rotatable bonds is 9. The summed E-state index contributed by atoms with van der Waals surface area (Å²) >= 11 is 6.55. The molecule has 0 atom stereocenters. The van der Waals surface area contributed by atoms with Gasteiger partial charge in [0.25, 0.3) is 0 Å². The predicted molar refractivity (Wildman–Crippen MR) is 59.1 cm³/mol. The van der Waals surface area contributed by atoms with Crippen LogP contribution >= 0.6 is 34.8 Å². The second-order valence-corrected chi connectivity index (χ2v) is 11.0. The Hall–Kier alpha value is 1.33. The molecule has 16 heavy (non-hydrogen) atoms. The fourth-order valence-electron chi connectivity index (χ4n) is 0.684. The number of alkyl halides is 3. The average molecular weight is 423 g/mol. The second kappa shape index (κ2) is 5.98. The van der Waals surface area contributed by atoms with Crippen molar-refractivity contribution in [3.8, 4) is 0 Å². The van der Waals surface area contributed by atoms with Gasteiger partial charge in [-0.3, -0.25) is 0 Å². The van der Waals surface area contributed by atoms with Crippen LogP contribution in [0.5, 0.6) is 0 Å². The molecule has 0 fully saturated rings. The van der Waals surface area contributed by atoms with E-state index in [1.54, 1.807) is 0 Å². The van der Waals surface area contributed by atoms with Gasteiger partial charge in [-0.25, -0.2) is 0 Å². The molecular weight excluding hydrogens is 411 g/mol. The van der Waals surface area contributed by atoms with Crippen molar-refractivity contribution in [1.29, 1.82) is 0 Å². The Morgan fingerprint density at radius 1 is 0.688 bits per heavy atom. The maximum atomic E-state index is 13.7. The molecule has 0 aromatic carbocycles. The van der Waals surface area contributed by atoms with E-state index in [0.29, 0.717) is 0 Å². The third-order valence-corrected chi connectivity index (χ3v) is 7.00. The monoisotopic (exact) mass is 424 g/mol. The van der Waals surface area contributed by atoms with Crippen LogP contribution in [0, 0.1) is 0 Å². The molecule has 0 aromatic heterocycles. The first kappa shape index (κ1) is 17.3. The van der Waals surface area contributed by atoms with E-state index in [9.17, 15) is 8.68 Å². The minimum absolute atomic E-state index is 0.323. The SMILES string of the molecule is F[Te](F)(F)(OCCCl)(OCCCl)OCCCl. The molecule has 10 heteroatoms. The van der Waals surface area contributed by atoms with Gasteiger partial charge in [0.2, 0.25) is 0 Å². The predicted octanol–water partition coefficient (Wildman–Crippen LogP) is 3.00. The summed E-state index contributed by atoms with van der Waals surface area (Å²) in [5, 5.41) is 0. The van der Waals surface area contributed by atoms with Crippen molar-refractivity contribution in [3.05, 3.63) is 0 Å². The average Bonchev–Trinajstić information content (AvgIpc) is 2.22. The van der Waals surface area contributed by atoms with E-state index in [0.717, 1.165) is 0 Å². The summed E-state index contributed by atoms with van der Waals surface area (Å²) in [6.45, 7) is -2.21. The Balaban J connectivity index is 4.79. The van der Waals surface area contributed by atoms with E-state index in [4.69, 9.17) is 34.8 Å². The number of halogens is 6. The Labute approximate surface area is 108 Å². The van der Waals surface area contributed by atoms with Crippen LogP contribution in [-0.2, 0) is 9.30 Å². The maximum absolute atomic E-state index is 13.7. The molecule has 0 bridgehead atoms. The van der Waals surface area contributed by atoms with Crippen molar-refractivity contribution < 1.29 is 18.0 Å². The van der Waals surface area contributed by atoms with Gasteiger partial charge in [-0.1, -0.05) is 0 Å².